The standard InChI is InChI=1S/C19H13ClF3NO5S/c1-27-13-2-4-15(5-3-13)29-30(25,26)16-8-6-14(7-9-16)28-18-17(20)10-12(11-24-18)19(21,22)23/h2-11H,1H3. The lowest BCUT2D eigenvalue weighted by atomic mass is 10.3. The van der Waals surface area contributed by atoms with Gasteiger partial charge in [0, 0.05) is 6.20 Å². The minimum Gasteiger partial charge on any atom is -0.497 e. The van der Waals surface area contributed by atoms with Crippen LogP contribution in [0.15, 0.2) is 65.7 Å². The zero-order valence-corrected chi connectivity index (χ0v) is 16.8. The van der Waals surface area contributed by atoms with Gasteiger partial charge in [0.25, 0.3) is 0 Å². The van der Waals surface area contributed by atoms with Gasteiger partial charge in [0.2, 0.25) is 5.88 Å². The quantitative estimate of drug-likeness (QED) is 0.464. The first-order chi connectivity index (χ1) is 14.1. The average molecular weight is 460 g/mol. The Morgan fingerprint density at radius 2 is 1.50 bits per heavy atom. The van der Waals surface area contributed by atoms with Crippen molar-refractivity contribution in [3.63, 3.8) is 0 Å². The third-order valence-corrected chi connectivity index (χ3v) is 5.26. The highest BCUT2D eigenvalue weighted by Crippen LogP contribution is 2.34. The number of hydrogen-bond donors (Lipinski definition) is 0. The Morgan fingerprint density at radius 3 is 2.03 bits per heavy atom. The summed E-state index contributed by atoms with van der Waals surface area (Å²) in [7, 11) is -2.64. The van der Waals surface area contributed by atoms with E-state index in [-0.39, 0.29) is 27.3 Å². The molecule has 0 aliphatic rings. The average Bonchev–Trinajstić information content (AvgIpc) is 2.69. The second kappa shape index (κ2) is 8.41. The van der Waals surface area contributed by atoms with Gasteiger partial charge >= 0.3 is 16.3 Å². The van der Waals surface area contributed by atoms with E-state index in [4.69, 9.17) is 25.3 Å². The lowest BCUT2D eigenvalue weighted by molar-refractivity contribution is -0.137. The fraction of sp³-hybridized carbons (Fsp3) is 0.105. The van der Waals surface area contributed by atoms with Crippen LogP contribution in [0, 0.1) is 0 Å². The molecule has 6 nitrogen and oxygen atoms in total. The van der Waals surface area contributed by atoms with Crippen molar-refractivity contribution in [2.75, 3.05) is 7.11 Å². The minimum absolute atomic E-state index is 0.0943. The van der Waals surface area contributed by atoms with Crippen molar-refractivity contribution in [3.05, 3.63) is 71.4 Å². The van der Waals surface area contributed by atoms with E-state index in [1.54, 1.807) is 12.1 Å². The molecule has 0 fully saturated rings. The van der Waals surface area contributed by atoms with Crippen LogP contribution in [-0.4, -0.2) is 20.5 Å². The Hall–Kier alpha value is -2.98. The van der Waals surface area contributed by atoms with Crippen molar-refractivity contribution in [2.24, 2.45) is 0 Å². The van der Waals surface area contributed by atoms with E-state index in [0.717, 1.165) is 0 Å². The van der Waals surface area contributed by atoms with Gasteiger partial charge < -0.3 is 13.7 Å². The first-order valence-corrected chi connectivity index (χ1v) is 9.96. The number of benzene rings is 2. The summed E-state index contributed by atoms with van der Waals surface area (Å²) in [6.07, 6.45) is -4.00. The lowest BCUT2D eigenvalue weighted by Gasteiger charge is -2.11. The van der Waals surface area contributed by atoms with Crippen LogP contribution in [0.1, 0.15) is 5.56 Å². The fourth-order valence-electron chi connectivity index (χ4n) is 2.25. The third kappa shape index (κ3) is 5.14. The van der Waals surface area contributed by atoms with Crippen molar-refractivity contribution in [1.29, 1.82) is 0 Å². The number of rotatable bonds is 6. The number of methoxy groups -OCH3 is 1. The van der Waals surface area contributed by atoms with Crippen molar-refractivity contribution in [3.8, 4) is 23.1 Å². The van der Waals surface area contributed by atoms with Crippen LogP contribution in [0.5, 0.6) is 23.1 Å². The molecule has 0 aliphatic carbocycles. The van der Waals surface area contributed by atoms with Gasteiger partial charge in [-0.2, -0.15) is 21.6 Å². The minimum atomic E-state index is -4.59. The molecule has 0 saturated carbocycles. The maximum atomic E-state index is 12.7. The van der Waals surface area contributed by atoms with Crippen molar-refractivity contribution in [2.45, 2.75) is 11.1 Å². The number of alkyl halides is 3. The van der Waals surface area contributed by atoms with Gasteiger partial charge in [-0.3, -0.25) is 0 Å². The lowest BCUT2D eigenvalue weighted by Crippen LogP contribution is -2.09. The van der Waals surface area contributed by atoms with Gasteiger partial charge in [0.05, 0.1) is 12.7 Å². The number of pyridine rings is 1. The topological polar surface area (TPSA) is 74.7 Å². The van der Waals surface area contributed by atoms with Gasteiger partial charge in [0.15, 0.2) is 0 Å². The zero-order valence-electron chi connectivity index (χ0n) is 15.2. The van der Waals surface area contributed by atoms with E-state index in [0.29, 0.717) is 18.0 Å². The summed E-state index contributed by atoms with van der Waals surface area (Å²) in [5, 5.41) is -0.343. The summed E-state index contributed by atoms with van der Waals surface area (Å²) in [4.78, 5) is 3.40. The summed E-state index contributed by atoms with van der Waals surface area (Å²) in [6, 6.07) is 11.7. The maximum Gasteiger partial charge on any atom is 0.417 e. The summed E-state index contributed by atoms with van der Waals surface area (Å²) < 4.78 is 78.1. The van der Waals surface area contributed by atoms with Crippen LogP contribution in [-0.2, 0) is 16.3 Å². The third-order valence-electron chi connectivity index (χ3n) is 3.73. The van der Waals surface area contributed by atoms with Crippen LogP contribution < -0.4 is 13.7 Å². The van der Waals surface area contributed by atoms with E-state index < -0.39 is 21.9 Å². The highest BCUT2D eigenvalue weighted by molar-refractivity contribution is 7.87. The predicted octanol–water partition coefficient (Wildman–Crippen LogP) is 5.32. The Balaban J connectivity index is 1.74. The van der Waals surface area contributed by atoms with Gasteiger partial charge in [0.1, 0.15) is 27.2 Å². The van der Waals surface area contributed by atoms with E-state index in [1.807, 2.05) is 0 Å². The van der Waals surface area contributed by atoms with Crippen LogP contribution in [0.4, 0.5) is 13.2 Å². The smallest absolute Gasteiger partial charge is 0.417 e. The molecule has 30 heavy (non-hydrogen) atoms. The second-order valence-electron chi connectivity index (χ2n) is 5.80. The van der Waals surface area contributed by atoms with Gasteiger partial charge in [-0.25, -0.2) is 4.98 Å². The molecule has 1 aromatic heterocycles. The first-order valence-electron chi connectivity index (χ1n) is 8.18. The molecule has 2 aromatic carbocycles. The molecule has 158 valence electrons. The van der Waals surface area contributed by atoms with Crippen molar-refractivity contribution in [1.82, 2.24) is 4.98 Å². The first kappa shape index (κ1) is 21.7. The van der Waals surface area contributed by atoms with E-state index in [1.165, 1.54) is 43.5 Å². The predicted molar refractivity (Wildman–Crippen MR) is 102 cm³/mol. The monoisotopic (exact) mass is 459 g/mol. The Kier molecular flexibility index (Phi) is 6.09. The Bertz CT molecular complexity index is 1130. The maximum absolute atomic E-state index is 12.7. The van der Waals surface area contributed by atoms with Gasteiger partial charge in [-0.1, -0.05) is 11.6 Å². The number of aromatic nitrogens is 1. The van der Waals surface area contributed by atoms with Crippen molar-refractivity contribution < 1.29 is 35.2 Å². The summed E-state index contributed by atoms with van der Waals surface area (Å²) >= 11 is 5.79. The summed E-state index contributed by atoms with van der Waals surface area (Å²) in [5.41, 5.74) is -1.02. The van der Waals surface area contributed by atoms with E-state index in [2.05, 4.69) is 4.98 Å². The molecule has 3 rings (SSSR count). The molecule has 0 spiro atoms. The molecule has 3 aromatic rings. The van der Waals surface area contributed by atoms with Gasteiger partial charge in [-0.05, 0) is 54.6 Å². The zero-order chi connectivity index (χ0) is 21.9. The van der Waals surface area contributed by atoms with E-state index >= 15 is 0 Å². The molecule has 0 radical (unpaired) electrons. The number of ether oxygens (including phenoxy) is 2. The highest BCUT2D eigenvalue weighted by Gasteiger charge is 2.31. The molecular weight excluding hydrogens is 447 g/mol. The van der Waals surface area contributed by atoms with Gasteiger partial charge in [-0.15, -0.1) is 0 Å². The highest BCUT2D eigenvalue weighted by atomic mass is 35.5. The summed E-state index contributed by atoms with van der Waals surface area (Å²) in [5.74, 6) is 0.496. The molecule has 0 aliphatic heterocycles. The van der Waals surface area contributed by atoms with Crippen LogP contribution >= 0.6 is 11.6 Å². The Morgan fingerprint density at radius 1 is 0.933 bits per heavy atom. The molecule has 0 atom stereocenters. The van der Waals surface area contributed by atoms with Crippen LogP contribution in [0.2, 0.25) is 5.02 Å². The van der Waals surface area contributed by atoms with Crippen LogP contribution in [0.3, 0.4) is 0 Å². The number of nitrogens with zero attached hydrogens (tertiary/aromatic N) is 1. The molecule has 0 saturated heterocycles. The molecule has 0 bridgehead atoms. The summed E-state index contributed by atoms with van der Waals surface area (Å²) in [6.45, 7) is 0. The SMILES string of the molecule is COc1ccc(OS(=O)(=O)c2ccc(Oc3ncc(C(F)(F)F)cc3Cl)cc2)cc1. The fourth-order valence-corrected chi connectivity index (χ4v) is 3.38. The largest absolute Gasteiger partial charge is 0.497 e. The second-order valence-corrected chi connectivity index (χ2v) is 7.75. The molecule has 0 amide bonds. The number of halogens is 4. The molecule has 11 heteroatoms. The normalized spacial score (nSPS) is 11.8. The number of hydrogen-bond acceptors (Lipinski definition) is 6. The van der Waals surface area contributed by atoms with E-state index in [9.17, 15) is 21.6 Å². The molecule has 1 heterocycles. The van der Waals surface area contributed by atoms with Crippen molar-refractivity contribution >= 4 is 21.7 Å². The molecule has 0 unspecified atom stereocenters. The van der Waals surface area contributed by atoms with Crippen LogP contribution in [0.25, 0.3) is 0 Å². The molecule has 0 N–H and O–H groups in total. The Labute approximate surface area is 174 Å². The molecular formula is C19H13ClF3NO5S.